The van der Waals surface area contributed by atoms with Crippen molar-refractivity contribution in [2.24, 2.45) is 5.92 Å². The van der Waals surface area contributed by atoms with Gasteiger partial charge in [0.2, 0.25) is 5.76 Å². The molecule has 3 heterocycles. The second-order valence-electron chi connectivity index (χ2n) is 6.87. The molecule has 1 fully saturated rings. The van der Waals surface area contributed by atoms with E-state index in [-0.39, 0.29) is 22.6 Å². The van der Waals surface area contributed by atoms with Crippen LogP contribution in [0, 0.1) is 11.7 Å². The normalized spacial score (nSPS) is 15.5. The molecule has 1 N–H and O–H groups in total. The Labute approximate surface area is 156 Å². The van der Waals surface area contributed by atoms with Gasteiger partial charge in [0.15, 0.2) is 11.6 Å². The number of carbonyl (C=O) groups is 1. The fourth-order valence-electron chi connectivity index (χ4n) is 2.98. The third-order valence-electron chi connectivity index (χ3n) is 4.60. The summed E-state index contributed by atoms with van der Waals surface area (Å²) in [4.78, 5) is 18.2. The van der Waals surface area contributed by atoms with E-state index in [0.717, 1.165) is 18.5 Å². The molecule has 140 valence electrons. The quantitative estimate of drug-likeness (QED) is 0.857. The number of aromatic nitrogens is 2. The van der Waals surface area contributed by atoms with Crippen LogP contribution < -0.4 is 10.2 Å². The fraction of sp³-hybridized carbons (Fsp3) is 0.500. The molecule has 0 radical (unpaired) electrons. The number of amides is 1. The fourth-order valence-corrected chi connectivity index (χ4v) is 3.13. The Bertz CT molecular complexity index is 772. The van der Waals surface area contributed by atoms with Gasteiger partial charge in [-0.1, -0.05) is 30.6 Å². The molecule has 2 aromatic heterocycles. The largest absolute Gasteiger partial charge is 0.354 e. The molecule has 0 spiro atoms. The number of carbonyl (C=O) groups excluding carboxylic acids is 1. The first-order chi connectivity index (χ1) is 12.4. The lowest BCUT2D eigenvalue weighted by atomic mass is 9.96. The van der Waals surface area contributed by atoms with Crippen molar-refractivity contribution in [2.45, 2.75) is 32.6 Å². The van der Waals surface area contributed by atoms with Crippen molar-refractivity contribution in [1.29, 1.82) is 0 Å². The maximum Gasteiger partial charge on any atom is 0.289 e. The third kappa shape index (κ3) is 4.33. The van der Waals surface area contributed by atoms with Gasteiger partial charge in [-0.05, 0) is 30.7 Å². The average Bonchev–Trinajstić information content (AvgIpc) is 3.11. The molecule has 8 heteroatoms. The summed E-state index contributed by atoms with van der Waals surface area (Å²) in [5, 5.41) is 7.08. The van der Waals surface area contributed by atoms with Crippen molar-refractivity contribution in [1.82, 2.24) is 15.5 Å². The number of nitrogens with zero attached hydrogens (tertiary/aromatic N) is 3. The van der Waals surface area contributed by atoms with E-state index in [4.69, 9.17) is 16.1 Å². The zero-order chi connectivity index (χ0) is 18.7. The molecule has 0 aliphatic carbocycles. The highest BCUT2D eigenvalue weighted by molar-refractivity contribution is 6.30. The topological polar surface area (TPSA) is 71.3 Å². The van der Waals surface area contributed by atoms with Gasteiger partial charge in [-0.15, -0.1) is 0 Å². The average molecular weight is 381 g/mol. The molecule has 0 bridgehead atoms. The summed E-state index contributed by atoms with van der Waals surface area (Å²) in [5.74, 6) is 0.454. The Morgan fingerprint density at radius 1 is 1.42 bits per heavy atom. The maximum atomic E-state index is 14.0. The van der Waals surface area contributed by atoms with E-state index in [1.54, 1.807) is 6.07 Å². The van der Waals surface area contributed by atoms with E-state index in [0.29, 0.717) is 31.4 Å². The van der Waals surface area contributed by atoms with Crippen molar-refractivity contribution >= 4 is 23.3 Å². The lowest BCUT2D eigenvalue weighted by Gasteiger charge is -2.32. The van der Waals surface area contributed by atoms with Crippen molar-refractivity contribution < 1.29 is 13.7 Å². The first kappa shape index (κ1) is 18.6. The third-order valence-corrected chi connectivity index (χ3v) is 4.80. The van der Waals surface area contributed by atoms with Gasteiger partial charge in [0, 0.05) is 31.9 Å². The molecular formula is C18H22ClFN4O2. The maximum absolute atomic E-state index is 14.0. The number of anilines is 1. The number of hydrogen-bond donors (Lipinski definition) is 1. The lowest BCUT2D eigenvalue weighted by Crippen LogP contribution is -2.39. The highest BCUT2D eigenvalue weighted by Gasteiger charge is 2.23. The van der Waals surface area contributed by atoms with E-state index in [2.05, 4.69) is 15.5 Å². The molecule has 1 aliphatic heterocycles. The van der Waals surface area contributed by atoms with E-state index in [1.165, 1.54) is 12.3 Å². The molecule has 1 saturated heterocycles. The van der Waals surface area contributed by atoms with Crippen molar-refractivity contribution in [3.63, 3.8) is 0 Å². The zero-order valence-corrected chi connectivity index (χ0v) is 15.6. The van der Waals surface area contributed by atoms with E-state index < -0.39 is 5.82 Å². The SMILES string of the molecule is CC(C)c1cc(C(=O)NCC2CCN(c3ncc(Cl)cc3F)CC2)on1. The van der Waals surface area contributed by atoms with Crippen molar-refractivity contribution in [3.05, 3.63) is 40.6 Å². The smallest absolute Gasteiger partial charge is 0.289 e. The van der Waals surface area contributed by atoms with E-state index in [1.807, 2.05) is 18.7 Å². The van der Waals surface area contributed by atoms with Crippen LogP contribution in [0.4, 0.5) is 10.2 Å². The van der Waals surface area contributed by atoms with Crippen LogP contribution in [0.2, 0.25) is 5.02 Å². The summed E-state index contributed by atoms with van der Waals surface area (Å²) in [6.45, 7) is 5.91. The van der Waals surface area contributed by atoms with Gasteiger partial charge in [0.1, 0.15) is 0 Å². The van der Waals surface area contributed by atoms with Gasteiger partial charge in [0.25, 0.3) is 5.91 Å². The molecule has 1 amide bonds. The Hall–Kier alpha value is -2.15. The number of pyridine rings is 1. The summed E-state index contributed by atoms with van der Waals surface area (Å²) in [6, 6.07) is 2.95. The molecule has 0 atom stereocenters. The van der Waals surface area contributed by atoms with Crippen LogP contribution in [0.5, 0.6) is 0 Å². The van der Waals surface area contributed by atoms with Gasteiger partial charge in [0.05, 0.1) is 10.7 Å². The first-order valence-corrected chi connectivity index (χ1v) is 9.12. The monoisotopic (exact) mass is 380 g/mol. The number of hydrogen-bond acceptors (Lipinski definition) is 5. The second kappa shape index (κ2) is 8.03. The van der Waals surface area contributed by atoms with Gasteiger partial charge < -0.3 is 14.7 Å². The standard InChI is InChI=1S/C18H22ClFN4O2/c1-11(2)15-8-16(26-23-15)18(25)22-9-12-3-5-24(6-4-12)17-14(20)7-13(19)10-21-17/h7-8,10-12H,3-6,9H2,1-2H3,(H,22,25). The number of halogens is 2. The number of nitrogens with one attached hydrogen (secondary N) is 1. The Morgan fingerprint density at radius 3 is 2.77 bits per heavy atom. The van der Waals surface area contributed by atoms with Crippen LogP contribution in [0.15, 0.2) is 22.9 Å². The van der Waals surface area contributed by atoms with Crippen LogP contribution in [-0.2, 0) is 0 Å². The van der Waals surface area contributed by atoms with Crippen LogP contribution in [-0.4, -0.2) is 35.7 Å². The van der Waals surface area contributed by atoms with Crippen molar-refractivity contribution in [3.8, 4) is 0 Å². The predicted molar refractivity (Wildman–Crippen MR) is 97.1 cm³/mol. The minimum absolute atomic E-state index is 0.214. The molecule has 6 nitrogen and oxygen atoms in total. The molecular weight excluding hydrogens is 359 g/mol. The van der Waals surface area contributed by atoms with Gasteiger partial charge >= 0.3 is 0 Å². The molecule has 26 heavy (non-hydrogen) atoms. The van der Waals surface area contributed by atoms with Gasteiger partial charge in [-0.25, -0.2) is 9.37 Å². The van der Waals surface area contributed by atoms with E-state index >= 15 is 0 Å². The second-order valence-corrected chi connectivity index (χ2v) is 7.31. The molecule has 2 aromatic rings. The van der Waals surface area contributed by atoms with Gasteiger partial charge in [-0.2, -0.15) is 0 Å². The highest BCUT2D eigenvalue weighted by Crippen LogP contribution is 2.25. The summed E-state index contributed by atoms with van der Waals surface area (Å²) >= 11 is 5.75. The summed E-state index contributed by atoms with van der Waals surface area (Å²) in [5.41, 5.74) is 0.765. The Balaban J connectivity index is 1.48. The van der Waals surface area contributed by atoms with Crippen LogP contribution >= 0.6 is 11.6 Å². The molecule has 0 saturated carbocycles. The molecule has 3 rings (SSSR count). The highest BCUT2D eigenvalue weighted by atomic mass is 35.5. The van der Waals surface area contributed by atoms with E-state index in [9.17, 15) is 9.18 Å². The zero-order valence-electron chi connectivity index (χ0n) is 14.8. The Morgan fingerprint density at radius 2 is 2.15 bits per heavy atom. The first-order valence-electron chi connectivity index (χ1n) is 8.75. The van der Waals surface area contributed by atoms with Crippen LogP contribution in [0.1, 0.15) is 48.9 Å². The number of piperidine rings is 1. The summed E-state index contributed by atoms with van der Waals surface area (Å²) in [6.07, 6.45) is 3.14. The molecule has 1 aliphatic rings. The lowest BCUT2D eigenvalue weighted by molar-refractivity contribution is 0.0907. The predicted octanol–water partition coefficient (Wildman–Crippen LogP) is 3.63. The molecule has 0 aromatic carbocycles. The molecule has 0 unspecified atom stereocenters. The summed E-state index contributed by atoms with van der Waals surface area (Å²) in [7, 11) is 0. The summed E-state index contributed by atoms with van der Waals surface area (Å²) < 4.78 is 19.1. The minimum atomic E-state index is -0.407. The Kier molecular flexibility index (Phi) is 5.76. The van der Waals surface area contributed by atoms with Gasteiger partial charge in [-0.3, -0.25) is 4.79 Å². The van der Waals surface area contributed by atoms with Crippen LogP contribution in [0.25, 0.3) is 0 Å². The minimum Gasteiger partial charge on any atom is -0.354 e. The van der Waals surface area contributed by atoms with Crippen molar-refractivity contribution in [2.75, 3.05) is 24.5 Å². The number of rotatable bonds is 5. The van der Waals surface area contributed by atoms with Crippen LogP contribution in [0.3, 0.4) is 0 Å².